The molecule has 22 aromatic rings. The Labute approximate surface area is 830 Å². The molecule has 0 saturated carbocycles. The van der Waals surface area contributed by atoms with Crippen LogP contribution in [0.25, 0.3) is 121 Å². The van der Waals surface area contributed by atoms with Crippen molar-refractivity contribution in [2.75, 3.05) is 0 Å². The number of benzene rings is 22. The molecule has 0 bridgehead atoms. The zero-order valence-electron chi connectivity index (χ0n) is 84.2. The molecule has 0 N–H and O–H groups in total. The first-order valence-corrected chi connectivity index (χ1v) is 50.8. The highest BCUT2D eigenvalue weighted by Crippen LogP contribution is 2.66. The molecule has 3 spiro atoms. The standard InChI is InChI=1S/3C25H16.C16H10.C14H10.3C6H6.8C2H6/c3*1-5-13-21-17(9-1)18-10-2-6-14-22(18)25(21)23-15-7-3-11-19(23)20-12-4-8-16-24(20)25;1-3-11-7-9-13-5-2-6-14-10-8-12(4-1)15(11)16(13)14;1-2-6-12-10-14-8-4-3-7-13(14)9-11(12)5-1;3*1-2-4-6-5-3-1;8*1-2/h3*1-16H;1-10H;1-10H;3*1-6H;8*1-2H3. The summed E-state index contributed by atoms with van der Waals surface area (Å²) in [6.07, 6.45) is 0. The molecule has 0 aromatic heterocycles. The van der Waals surface area contributed by atoms with Gasteiger partial charge < -0.3 is 0 Å². The van der Waals surface area contributed by atoms with Crippen LogP contribution in [-0.2, 0) is 16.2 Å². The van der Waals surface area contributed by atoms with Gasteiger partial charge in [-0.05, 0) is 200 Å². The highest BCUT2D eigenvalue weighted by atomic mass is 14.6. The first-order chi connectivity index (χ1) is 69.1. The van der Waals surface area contributed by atoms with Crippen LogP contribution >= 0.6 is 0 Å². The van der Waals surface area contributed by atoms with Gasteiger partial charge in [-0.25, -0.2) is 0 Å². The zero-order valence-corrected chi connectivity index (χ0v) is 84.2. The monoisotopic (exact) mass is 1800 g/mol. The molecule has 0 amide bonds. The molecule has 0 unspecified atom stereocenters. The van der Waals surface area contributed by atoms with Crippen LogP contribution in [0.1, 0.15) is 178 Å². The first-order valence-electron chi connectivity index (χ1n) is 50.8. The number of hydrogen-bond acceptors (Lipinski definition) is 0. The molecule has 28 rings (SSSR count). The highest BCUT2D eigenvalue weighted by Gasteiger charge is 2.54. The van der Waals surface area contributed by atoms with Gasteiger partial charge in [0.2, 0.25) is 0 Å². The van der Waals surface area contributed by atoms with Crippen LogP contribution in [0.5, 0.6) is 0 Å². The van der Waals surface area contributed by atoms with Gasteiger partial charge in [-0.1, -0.05) is 620 Å². The van der Waals surface area contributed by atoms with Crippen LogP contribution in [0.4, 0.5) is 0 Å². The van der Waals surface area contributed by atoms with Crippen LogP contribution in [0.2, 0.25) is 0 Å². The van der Waals surface area contributed by atoms with E-state index in [1.54, 1.807) is 0 Å². The molecule has 0 nitrogen and oxygen atoms in total. The molecule has 0 heterocycles. The van der Waals surface area contributed by atoms with Crippen molar-refractivity contribution in [1.29, 1.82) is 0 Å². The quantitative estimate of drug-likeness (QED) is 0.105. The van der Waals surface area contributed by atoms with Crippen LogP contribution in [0, 0.1) is 0 Å². The summed E-state index contributed by atoms with van der Waals surface area (Å²) in [7, 11) is 0. The lowest BCUT2D eigenvalue weighted by molar-refractivity contribution is 0.794. The van der Waals surface area contributed by atoms with Crippen molar-refractivity contribution >= 4 is 53.9 Å². The van der Waals surface area contributed by atoms with E-state index in [1.807, 2.05) is 220 Å². The Kier molecular flexibility index (Phi) is 36.1. The smallest absolute Gasteiger partial charge is 0.0683 e. The summed E-state index contributed by atoms with van der Waals surface area (Å²) < 4.78 is 0. The summed E-state index contributed by atoms with van der Waals surface area (Å²) in [6, 6.07) is 186. The normalized spacial score (nSPS) is 11.8. The van der Waals surface area contributed by atoms with Crippen molar-refractivity contribution in [1.82, 2.24) is 0 Å². The molecule has 139 heavy (non-hydrogen) atoms. The Hall–Kier alpha value is -15.6. The van der Waals surface area contributed by atoms with E-state index in [-0.39, 0.29) is 16.2 Å². The van der Waals surface area contributed by atoms with Crippen LogP contribution in [0.3, 0.4) is 0 Å². The Bertz CT molecular complexity index is 6180. The van der Waals surface area contributed by atoms with Gasteiger partial charge in [0, 0.05) is 0 Å². The number of rotatable bonds is 0. The fourth-order valence-electron chi connectivity index (χ4n) is 20.9. The lowest BCUT2D eigenvalue weighted by Gasteiger charge is -2.30. The van der Waals surface area contributed by atoms with Gasteiger partial charge in [-0.2, -0.15) is 0 Å². The summed E-state index contributed by atoms with van der Waals surface area (Å²) in [5.74, 6) is 0. The van der Waals surface area contributed by atoms with Gasteiger partial charge in [-0.15, -0.1) is 0 Å². The second kappa shape index (κ2) is 49.8. The van der Waals surface area contributed by atoms with Crippen molar-refractivity contribution in [3.63, 3.8) is 0 Å². The van der Waals surface area contributed by atoms with Gasteiger partial charge in [0.1, 0.15) is 0 Å². The molecule has 6 aliphatic carbocycles. The molecule has 0 fully saturated rings. The maximum absolute atomic E-state index is 2.31. The lowest BCUT2D eigenvalue weighted by atomic mass is 9.70. The maximum atomic E-state index is 2.31. The predicted molar refractivity (Wildman–Crippen MR) is 610 cm³/mol. The van der Waals surface area contributed by atoms with Crippen LogP contribution < -0.4 is 0 Å². The number of hydrogen-bond donors (Lipinski definition) is 0. The summed E-state index contributed by atoms with van der Waals surface area (Å²) >= 11 is 0. The number of fused-ring (bicyclic) bond motifs is 32. The zero-order chi connectivity index (χ0) is 97.9. The summed E-state index contributed by atoms with van der Waals surface area (Å²) in [6.45, 7) is 32.0. The molecular formula is C139H134. The minimum absolute atomic E-state index is 0.180. The van der Waals surface area contributed by atoms with E-state index in [4.69, 9.17) is 0 Å². The molecule has 0 heteroatoms. The third kappa shape index (κ3) is 19.4. The van der Waals surface area contributed by atoms with E-state index >= 15 is 0 Å². The summed E-state index contributed by atoms with van der Waals surface area (Å²) in [5, 5.41) is 13.4. The van der Waals surface area contributed by atoms with E-state index in [0.29, 0.717) is 0 Å². The van der Waals surface area contributed by atoms with Gasteiger partial charge >= 0.3 is 0 Å². The second-order valence-electron chi connectivity index (χ2n) is 32.1. The minimum atomic E-state index is -0.180. The molecule has 0 saturated heterocycles. The maximum Gasteiger partial charge on any atom is 0.0725 e. The molecular weight excluding hydrogens is 1670 g/mol. The second-order valence-corrected chi connectivity index (χ2v) is 32.1. The van der Waals surface area contributed by atoms with Gasteiger partial charge in [0.15, 0.2) is 0 Å². The van der Waals surface area contributed by atoms with Crippen molar-refractivity contribution < 1.29 is 0 Å². The highest BCUT2D eigenvalue weighted by molar-refractivity contribution is 6.23. The molecule has 0 aliphatic heterocycles. The van der Waals surface area contributed by atoms with Crippen molar-refractivity contribution in [3.8, 4) is 66.8 Å². The molecule has 0 radical (unpaired) electrons. The molecule has 22 aromatic carbocycles. The lowest BCUT2D eigenvalue weighted by Crippen LogP contribution is -2.25. The van der Waals surface area contributed by atoms with E-state index < -0.39 is 0 Å². The minimum Gasteiger partial charge on any atom is -0.0683 e. The molecule has 0 atom stereocenters. The molecule has 6 aliphatic rings. The Morgan fingerprint density at radius 2 is 0.194 bits per heavy atom. The topological polar surface area (TPSA) is 0 Å². The van der Waals surface area contributed by atoms with Crippen molar-refractivity contribution in [2.45, 2.75) is 127 Å². The predicted octanol–water partition coefficient (Wildman–Crippen LogP) is 39.9. The fraction of sp³-hybridized carbons (Fsp3) is 0.137. The van der Waals surface area contributed by atoms with Crippen molar-refractivity contribution in [2.24, 2.45) is 0 Å². The van der Waals surface area contributed by atoms with Crippen molar-refractivity contribution in [3.05, 3.63) is 588 Å². The van der Waals surface area contributed by atoms with Gasteiger partial charge in [0.05, 0.1) is 16.2 Å². The van der Waals surface area contributed by atoms with Gasteiger partial charge in [-0.3, -0.25) is 0 Å². The Morgan fingerprint density at radius 1 is 0.0935 bits per heavy atom. The van der Waals surface area contributed by atoms with E-state index in [0.717, 1.165) is 0 Å². The first kappa shape index (κ1) is 101. The van der Waals surface area contributed by atoms with E-state index in [9.17, 15) is 0 Å². The fourth-order valence-corrected chi connectivity index (χ4v) is 20.9. The van der Waals surface area contributed by atoms with E-state index in [1.165, 1.54) is 187 Å². The average Bonchev–Trinajstić information content (AvgIpc) is 1.52. The molecule has 690 valence electrons. The largest absolute Gasteiger partial charge is 0.0725 e. The Balaban J connectivity index is 0.000000137. The van der Waals surface area contributed by atoms with Gasteiger partial charge in [0.25, 0.3) is 0 Å². The third-order valence-electron chi connectivity index (χ3n) is 25.7. The summed E-state index contributed by atoms with van der Waals surface area (Å²) in [4.78, 5) is 0. The average molecular weight is 1800 g/mol. The Morgan fingerprint density at radius 3 is 0.317 bits per heavy atom. The SMILES string of the molecule is CC.CC.CC.CC.CC.CC.CC.CC.c1cc2ccc3cccc4ccc(c1)c2c34.c1ccc2c(c1)-c1ccccc1C21c2ccccc2-c2ccccc21.c1ccc2c(c1)-c1ccccc1C21c2ccccc2-c2ccccc21.c1ccc2c(c1)-c1ccccc1C21c2ccccc2-c2ccccc21.c1ccc2cc3ccccc3cc2c1.c1ccccc1.c1ccccc1.c1ccccc1. The summed E-state index contributed by atoms with van der Waals surface area (Å²) in [5.41, 5.74) is 32.8. The third-order valence-corrected chi connectivity index (χ3v) is 25.7. The van der Waals surface area contributed by atoms with Crippen LogP contribution in [-0.4, -0.2) is 0 Å². The van der Waals surface area contributed by atoms with E-state index in [2.05, 4.69) is 413 Å². The van der Waals surface area contributed by atoms with Crippen LogP contribution in [0.15, 0.2) is 522 Å².